The summed E-state index contributed by atoms with van der Waals surface area (Å²) in [5.41, 5.74) is 0.559. The first-order valence-corrected chi connectivity index (χ1v) is 7.99. The third-order valence-electron chi connectivity index (χ3n) is 3.72. The molecule has 0 amide bonds. The molecule has 2 rings (SSSR count). The number of rotatable bonds is 8. The lowest BCUT2D eigenvalue weighted by Gasteiger charge is -2.25. The average Bonchev–Trinajstić information content (AvgIpc) is 2.58. The molecule has 25 heavy (non-hydrogen) atoms. The Kier molecular flexibility index (Phi) is 6.52. The monoisotopic (exact) mass is 354 g/mol. The summed E-state index contributed by atoms with van der Waals surface area (Å²) in [6.07, 6.45) is -1.71. The highest BCUT2D eigenvalue weighted by Crippen LogP contribution is 2.34. The zero-order valence-corrected chi connectivity index (χ0v) is 13.9. The number of benzene rings is 1. The van der Waals surface area contributed by atoms with Crippen LogP contribution in [0.2, 0.25) is 0 Å². The Morgan fingerprint density at radius 2 is 2.08 bits per heavy atom. The number of aromatic nitrogens is 1. The molecule has 4 nitrogen and oxygen atoms in total. The normalized spacial score (nSPS) is 14.4. The quantitative estimate of drug-likeness (QED) is 0.552. The van der Waals surface area contributed by atoms with E-state index in [4.69, 9.17) is 4.74 Å². The number of nitrogens with one attached hydrogen (secondary N) is 1. The summed E-state index contributed by atoms with van der Waals surface area (Å²) in [7, 11) is 0. The van der Waals surface area contributed by atoms with Crippen molar-refractivity contribution in [3.05, 3.63) is 48.3 Å². The van der Waals surface area contributed by atoms with Crippen molar-refractivity contribution in [1.82, 2.24) is 10.3 Å². The summed E-state index contributed by atoms with van der Waals surface area (Å²) in [6.45, 7) is 5.71. The van der Waals surface area contributed by atoms with Crippen LogP contribution in [0, 0.1) is 0 Å². The molecule has 2 atom stereocenters. The SMILES string of the molecule is C=Cc1cc2cc([C@H](NC(O)OCCCC)C(F)(F)F)ccc2cn1. The number of nitrogens with zero attached hydrogens (tertiary/aromatic N) is 1. The van der Waals surface area contributed by atoms with Crippen LogP contribution >= 0.6 is 0 Å². The van der Waals surface area contributed by atoms with Crippen molar-refractivity contribution in [3.8, 4) is 0 Å². The van der Waals surface area contributed by atoms with Crippen LogP contribution in [0.15, 0.2) is 37.0 Å². The zero-order chi connectivity index (χ0) is 18.4. The maximum atomic E-state index is 13.4. The minimum absolute atomic E-state index is 0.0145. The molecule has 0 spiro atoms. The van der Waals surface area contributed by atoms with Gasteiger partial charge in [-0.1, -0.05) is 32.1 Å². The van der Waals surface area contributed by atoms with Gasteiger partial charge in [-0.2, -0.15) is 13.2 Å². The van der Waals surface area contributed by atoms with E-state index in [9.17, 15) is 18.3 Å². The van der Waals surface area contributed by atoms with Crippen molar-refractivity contribution in [3.63, 3.8) is 0 Å². The van der Waals surface area contributed by atoms with Gasteiger partial charge in [0.1, 0.15) is 6.04 Å². The van der Waals surface area contributed by atoms with Crippen LogP contribution in [-0.4, -0.2) is 29.3 Å². The number of aliphatic hydroxyl groups is 1. The van der Waals surface area contributed by atoms with Crippen LogP contribution in [-0.2, 0) is 4.74 Å². The van der Waals surface area contributed by atoms with Crippen LogP contribution in [0.25, 0.3) is 16.8 Å². The first kappa shape index (κ1) is 19.4. The van der Waals surface area contributed by atoms with Crippen LogP contribution in [0.1, 0.15) is 37.1 Å². The van der Waals surface area contributed by atoms with E-state index in [1.165, 1.54) is 18.2 Å². The van der Waals surface area contributed by atoms with E-state index in [-0.39, 0.29) is 12.2 Å². The summed E-state index contributed by atoms with van der Waals surface area (Å²) in [6, 6.07) is 3.96. The summed E-state index contributed by atoms with van der Waals surface area (Å²) in [5.74, 6) is 0. The number of halogens is 3. The van der Waals surface area contributed by atoms with Gasteiger partial charge in [0, 0.05) is 11.6 Å². The molecule has 1 aromatic carbocycles. The van der Waals surface area contributed by atoms with Gasteiger partial charge in [-0.25, -0.2) is 0 Å². The molecular weight excluding hydrogens is 333 g/mol. The largest absolute Gasteiger partial charge is 0.408 e. The molecule has 0 radical (unpaired) electrons. The standard InChI is InChI=1S/C18H21F3N2O2/c1-3-5-8-25-17(24)23-16(18(19,20)21)12-6-7-13-11-22-15(4-2)10-14(13)9-12/h4,6-7,9-11,16-17,23-24H,2-3,5,8H2,1H3/t16-,17?/m0/s1. The average molecular weight is 354 g/mol. The first-order chi connectivity index (χ1) is 11.8. The number of fused-ring (bicyclic) bond motifs is 1. The lowest BCUT2D eigenvalue weighted by Crippen LogP contribution is -2.42. The molecule has 0 aliphatic rings. The third kappa shape index (κ3) is 5.26. The Balaban J connectivity index is 2.27. The summed E-state index contributed by atoms with van der Waals surface area (Å²) >= 11 is 0. The van der Waals surface area contributed by atoms with Gasteiger partial charge in [0.25, 0.3) is 0 Å². The number of alkyl halides is 3. The molecule has 2 N–H and O–H groups in total. The van der Waals surface area contributed by atoms with Crippen molar-refractivity contribution in [2.45, 2.75) is 38.4 Å². The Bertz CT molecular complexity index is 719. The third-order valence-corrected chi connectivity index (χ3v) is 3.72. The minimum Gasteiger partial charge on any atom is -0.356 e. The topological polar surface area (TPSA) is 54.4 Å². The van der Waals surface area contributed by atoms with E-state index >= 15 is 0 Å². The Labute approximate surface area is 144 Å². The van der Waals surface area contributed by atoms with Crippen LogP contribution in [0.4, 0.5) is 13.2 Å². The smallest absolute Gasteiger partial charge is 0.356 e. The highest BCUT2D eigenvalue weighted by Gasteiger charge is 2.42. The van der Waals surface area contributed by atoms with Gasteiger partial charge in [0.2, 0.25) is 6.41 Å². The fourth-order valence-electron chi connectivity index (χ4n) is 2.38. The van der Waals surface area contributed by atoms with Crippen LogP contribution < -0.4 is 5.32 Å². The number of pyridine rings is 1. The lowest BCUT2D eigenvalue weighted by molar-refractivity contribution is -0.195. The molecule has 1 unspecified atom stereocenters. The number of unbranched alkanes of at least 4 members (excludes halogenated alkanes) is 1. The predicted octanol–water partition coefficient (Wildman–Crippen LogP) is 4.16. The second kappa shape index (κ2) is 8.42. The molecule has 2 aromatic rings. The molecule has 0 aliphatic carbocycles. The Morgan fingerprint density at radius 3 is 2.72 bits per heavy atom. The predicted molar refractivity (Wildman–Crippen MR) is 90.6 cm³/mol. The Morgan fingerprint density at radius 1 is 1.32 bits per heavy atom. The van der Waals surface area contributed by atoms with Gasteiger partial charge in [-0.05, 0) is 35.6 Å². The van der Waals surface area contributed by atoms with Crippen molar-refractivity contribution in [2.24, 2.45) is 0 Å². The van der Waals surface area contributed by atoms with Crippen molar-refractivity contribution in [2.75, 3.05) is 6.61 Å². The molecule has 0 saturated carbocycles. The minimum atomic E-state index is -4.59. The molecule has 7 heteroatoms. The van der Waals surface area contributed by atoms with Crippen molar-refractivity contribution < 1.29 is 23.0 Å². The molecule has 0 bridgehead atoms. The van der Waals surface area contributed by atoms with Gasteiger partial charge in [-0.15, -0.1) is 0 Å². The second-order valence-electron chi connectivity index (χ2n) is 5.64. The highest BCUT2D eigenvalue weighted by atomic mass is 19.4. The van der Waals surface area contributed by atoms with Crippen LogP contribution in [0.3, 0.4) is 0 Å². The molecule has 1 heterocycles. The molecule has 1 aromatic heterocycles. The maximum absolute atomic E-state index is 13.4. The zero-order valence-electron chi connectivity index (χ0n) is 13.9. The highest BCUT2D eigenvalue weighted by molar-refractivity contribution is 5.83. The fraction of sp³-hybridized carbons (Fsp3) is 0.389. The first-order valence-electron chi connectivity index (χ1n) is 7.99. The molecule has 0 fully saturated rings. The summed E-state index contributed by atoms with van der Waals surface area (Å²) < 4.78 is 45.3. The van der Waals surface area contributed by atoms with Crippen molar-refractivity contribution in [1.29, 1.82) is 0 Å². The Hall–Kier alpha value is -1.96. The van der Waals surface area contributed by atoms with E-state index in [0.717, 1.165) is 11.8 Å². The van der Waals surface area contributed by atoms with E-state index in [2.05, 4.69) is 16.9 Å². The summed E-state index contributed by atoms with van der Waals surface area (Å²) in [5, 5.41) is 13.1. The number of aliphatic hydroxyl groups excluding tert-OH is 1. The number of hydrogen-bond donors (Lipinski definition) is 2. The lowest BCUT2D eigenvalue weighted by atomic mass is 10.0. The summed E-state index contributed by atoms with van der Waals surface area (Å²) in [4.78, 5) is 4.12. The van der Waals surface area contributed by atoms with Gasteiger partial charge in [-0.3, -0.25) is 10.3 Å². The number of ether oxygens (including phenoxy) is 1. The van der Waals surface area contributed by atoms with E-state index in [0.29, 0.717) is 17.5 Å². The molecule has 0 saturated heterocycles. The number of hydrogen-bond acceptors (Lipinski definition) is 4. The van der Waals surface area contributed by atoms with Gasteiger partial charge >= 0.3 is 6.18 Å². The maximum Gasteiger partial charge on any atom is 0.408 e. The van der Waals surface area contributed by atoms with Gasteiger partial charge < -0.3 is 9.84 Å². The fourth-order valence-corrected chi connectivity index (χ4v) is 2.38. The molecular formula is C18H21F3N2O2. The van der Waals surface area contributed by atoms with E-state index in [1.807, 2.05) is 6.92 Å². The van der Waals surface area contributed by atoms with Crippen molar-refractivity contribution >= 4 is 16.8 Å². The molecule has 136 valence electrons. The van der Waals surface area contributed by atoms with Gasteiger partial charge in [0.05, 0.1) is 12.3 Å². The second-order valence-corrected chi connectivity index (χ2v) is 5.64. The van der Waals surface area contributed by atoms with E-state index in [1.54, 1.807) is 18.3 Å². The molecule has 0 aliphatic heterocycles. The van der Waals surface area contributed by atoms with Crippen LogP contribution in [0.5, 0.6) is 0 Å². The van der Waals surface area contributed by atoms with Gasteiger partial charge in [0.15, 0.2) is 0 Å². The van der Waals surface area contributed by atoms with E-state index < -0.39 is 18.6 Å².